The minimum absolute atomic E-state index is 0.190. The molecule has 5 heteroatoms. The van der Waals surface area contributed by atoms with Gasteiger partial charge < -0.3 is 15.2 Å². The van der Waals surface area contributed by atoms with Gasteiger partial charge in [0.25, 0.3) is 0 Å². The SMILES string of the molecule is Oc1c(C(Nc2ccccn2)c2ccc(CCOC3CCCC3)cc2)ccc2cccnc12. The average molecular weight is 440 g/mol. The quantitative estimate of drug-likeness (QED) is 0.350. The fourth-order valence-electron chi connectivity index (χ4n) is 4.59. The van der Waals surface area contributed by atoms with E-state index in [1.165, 1.54) is 31.2 Å². The van der Waals surface area contributed by atoms with Gasteiger partial charge in [0.15, 0.2) is 0 Å². The molecule has 0 bridgehead atoms. The third kappa shape index (κ3) is 4.99. The van der Waals surface area contributed by atoms with Crippen LogP contribution in [0.4, 0.5) is 5.82 Å². The van der Waals surface area contributed by atoms with Crippen molar-refractivity contribution in [1.82, 2.24) is 9.97 Å². The van der Waals surface area contributed by atoms with Gasteiger partial charge in [-0.05, 0) is 48.6 Å². The number of aromatic hydroxyl groups is 1. The van der Waals surface area contributed by atoms with Gasteiger partial charge in [-0.2, -0.15) is 0 Å². The number of hydrogen-bond donors (Lipinski definition) is 2. The number of anilines is 1. The molecule has 1 atom stereocenters. The van der Waals surface area contributed by atoms with E-state index in [1.54, 1.807) is 12.4 Å². The topological polar surface area (TPSA) is 67.3 Å². The highest BCUT2D eigenvalue weighted by Crippen LogP contribution is 2.36. The Morgan fingerprint density at radius 1 is 0.909 bits per heavy atom. The van der Waals surface area contributed by atoms with Crippen molar-refractivity contribution in [3.63, 3.8) is 0 Å². The Labute approximate surface area is 194 Å². The predicted molar refractivity (Wildman–Crippen MR) is 131 cm³/mol. The zero-order valence-electron chi connectivity index (χ0n) is 18.7. The molecule has 5 nitrogen and oxygen atoms in total. The van der Waals surface area contributed by atoms with Crippen molar-refractivity contribution >= 4 is 16.7 Å². The summed E-state index contributed by atoms with van der Waals surface area (Å²) in [6.07, 6.45) is 9.79. The smallest absolute Gasteiger partial charge is 0.147 e. The van der Waals surface area contributed by atoms with Crippen LogP contribution in [-0.4, -0.2) is 27.8 Å². The van der Waals surface area contributed by atoms with Crippen LogP contribution < -0.4 is 5.32 Å². The molecule has 2 N–H and O–H groups in total. The highest BCUT2D eigenvalue weighted by Gasteiger charge is 2.20. The van der Waals surface area contributed by atoms with Crippen molar-refractivity contribution in [3.8, 4) is 5.75 Å². The lowest BCUT2D eigenvalue weighted by atomic mass is 9.95. The Hall–Kier alpha value is -3.44. The molecule has 5 rings (SSSR count). The zero-order valence-corrected chi connectivity index (χ0v) is 18.7. The summed E-state index contributed by atoms with van der Waals surface area (Å²) in [6.45, 7) is 0.761. The number of phenolic OH excluding ortho intramolecular Hbond substituents is 1. The van der Waals surface area contributed by atoms with E-state index < -0.39 is 0 Å². The Bertz CT molecular complexity index is 1190. The number of benzene rings is 2. The molecular weight excluding hydrogens is 410 g/mol. The van der Waals surface area contributed by atoms with Crippen LogP contribution in [0.15, 0.2) is 79.1 Å². The van der Waals surface area contributed by atoms with Crippen molar-refractivity contribution in [2.24, 2.45) is 0 Å². The number of rotatable bonds is 8. The van der Waals surface area contributed by atoms with Gasteiger partial charge in [-0.3, -0.25) is 4.98 Å². The first kappa shape index (κ1) is 21.4. The summed E-state index contributed by atoms with van der Waals surface area (Å²) in [6, 6.07) is 21.8. The van der Waals surface area contributed by atoms with Crippen molar-refractivity contribution in [1.29, 1.82) is 0 Å². The molecule has 2 heterocycles. The summed E-state index contributed by atoms with van der Waals surface area (Å²) in [5.74, 6) is 0.938. The average Bonchev–Trinajstić information content (AvgIpc) is 3.38. The Morgan fingerprint density at radius 2 is 1.73 bits per heavy atom. The van der Waals surface area contributed by atoms with Crippen molar-refractivity contribution in [3.05, 3.63) is 95.8 Å². The largest absolute Gasteiger partial charge is 0.505 e. The number of phenols is 1. The van der Waals surface area contributed by atoms with E-state index in [4.69, 9.17) is 4.74 Å². The van der Waals surface area contributed by atoms with Gasteiger partial charge in [0.05, 0.1) is 18.8 Å². The van der Waals surface area contributed by atoms with Crippen molar-refractivity contribution < 1.29 is 9.84 Å². The molecule has 2 aromatic carbocycles. The number of ether oxygens (including phenoxy) is 1. The predicted octanol–water partition coefficient (Wildman–Crippen LogP) is 6.04. The lowest BCUT2D eigenvalue weighted by molar-refractivity contribution is 0.0606. The Kier molecular flexibility index (Phi) is 6.49. The second-order valence-electron chi connectivity index (χ2n) is 8.64. The monoisotopic (exact) mass is 439 g/mol. The number of pyridine rings is 2. The highest BCUT2D eigenvalue weighted by molar-refractivity contribution is 5.86. The molecule has 1 unspecified atom stereocenters. The van der Waals surface area contributed by atoms with Crippen LogP contribution in [0.3, 0.4) is 0 Å². The molecule has 0 radical (unpaired) electrons. The molecule has 168 valence electrons. The van der Waals surface area contributed by atoms with Gasteiger partial charge in [-0.15, -0.1) is 0 Å². The lowest BCUT2D eigenvalue weighted by Crippen LogP contribution is -2.14. The van der Waals surface area contributed by atoms with Gasteiger partial charge in [-0.25, -0.2) is 4.98 Å². The fourth-order valence-corrected chi connectivity index (χ4v) is 4.59. The first-order chi connectivity index (χ1) is 16.3. The summed E-state index contributed by atoms with van der Waals surface area (Å²) in [5, 5.41) is 15.5. The summed E-state index contributed by atoms with van der Waals surface area (Å²) < 4.78 is 6.03. The second kappa shape index (κ2) is 10.0. The van der Waals surface area contributed by atoms with Crippen molar-refractivity contribution in [2.45, 2.75) is 44.2 Å². The first-order valence-corrected chi connectivity index (χ1v) is 11.7. The third-order valence-corrected chi connectivity index (χ3v) is 6.41. The lowest BCUT2D eigenvalue weighted by Gasteiger charge is -2.22. The molecule has 0 spiro atoms. The minimum atomic E-state index is -0.268. The number of nitrogens with one attached hydrogen (secondary N) is 1. The third-order valence-electron chi connectivity index (χ3n) is 6.41. The van der Waals surface area contributed by atoms with E-state index in [9.17, 15) is 5.11 Å². The number of fused-ring (bicyclic) bond motifs is 1. The van der Waals surface area contributed by atoms with Gasteiger partial charge in [0.2, 0.25) is 0 Å². The molecule has 1 aliphatic carbocycles. The summed E-state index contributed by atoms with van der Waals surface area (Å²) in [5.41, 5.74) is 3.66. The van der Waals surface area contributed by atoms with Crippen LogP contribution in [0.25, 0.3) is 10.9 Å². The molecule has 0 aliphatic heterocycles. The molecule has 2 aromatic heterocycles. The highest BCUT2D eigenvalue weighted by atomic mass is 16.5. The Morgan fingerprint density at radius 3 is 2.52 bits per heavy atom. The van der Waals surface area contributed by atoms with E-state index in [0.717, 1.165) is 35.4 Å². The van der Waals surface area contributed by atoms with Gasteiger partial charge >= 0.3 is 0 Å². The number of aromatic nitrogens is 2. The molecule has 1 fully saturated rings. The standard InChI is InChI=1S/C28H29N3O2/c32-28-24(15-14-21-6-5-18-30-27(21)28)26(31-25-9-3-4-17-29-25)22-12-10-20(11-13-22)16-19-33-23-7-1-2-8-23/h3-6,9-15,17-18,23,26,32H,1-2,7-8,16,19H2,(H,29,31). The molecule has 1 aliphatic rings. The molecule has 0 amide bonds. The van der Waals surface area contributed by atoms with Crippen LogP contribution in [0, 0.1) is 0 Å². The van der Waals surface area contributed by atoms with Crippen LogP contribution in [-0.2, 0) is 11.2 Å². The number of nitrogens with zero attached hydrogens (tertiary/aromatic N) is 2. The van der Waals surface area contributed by atoms with Crippen LogP contribution >= 0.6 is 0 Å². The summed E-state index contributed by atoms with van der Waals surface area (Å²) in [7, 11) is 0. The summed E-state index contributed by atoms with van der Waals surface area (Å²) >= 11 is 0. The fraction of sp³-hybridized carbons (Fsp3) is 0.286. The summed E-state index contributed by atoms with van der Waals surface area (Å²) in [4.78, 5) is 8.83. The van der Waals surface area contributed by atoms with E-state index in [0.29, 0.717) is 11.6 Å². The van der Waals surface area contributed by atoms with Gasteiger partial charge in [-0.1, -0.05) is 61.4 Å². The maximum Gasteiger partial charge on any atom is 0.147 e. The van der Waals surface area contributed by atoms with E-state index in [2.05, 4.69) is 39.6 Å². The molecule has 0 saturated heterocycles. The van der Waals surface area contributed by atoms with Gasteiger partial charge in [0.1, 0.15) is 17.1 Å². The normalized spacial score (nSPS) is 15.0. The second-order valence-corrected chi connectivity index (χ2v) is 8.64. The molecule has 1 saturated carbocycles. The Balaban J connectivity index is 1.40. The van der Waals surface area contributed by atoms with Crippen LogP contribution in [0.1, 0.15) is 48.4 Å². The molecule has 4 aromatic rings. The maximum absolute atomic E-state index is 11.1. The van der Waals surface area contributed by atoms with E-state index in [1.807, 2.05) is 42.5 Å². The molecular formula is C28H29N3O2. The van der Waals surface area contributed by atoms with Crippen molar-refractivity contribution in [2.75, 3.05) is 11.9 Å². The molecule has 33 heavy (non-hydrogen) atoms. The maximum atomic E-state index is 11.1. The van der Waals surface area contributed by atoms with Crippen LogP contribution in [0.2, 0.25) is 0 Å². The first-order valence-electron chi connectivity index (χ1n) is 11.7. The zero-order chi connectivity index (χ0) is 22.5. The number of hydrogen-bond acceptors (Lipinski definition) is 5. The minimum Gasteiger partial charge on any atom is -0.505 e. The van der Waals surface area contributed by atoms with Gasteiger partial charge in [0, 0.05) is 23.3 Å². The van der Waals surface area contributed by atoms with E-state index in [-0.39, 0.29) is 11.8 Å². The van der Waals surface area contributed by atoms with E-state index >= 15 is 0 Å². The van der Waals surface area contributed by atoms with Crippen LogP contribution in [0.5, 0.6) is 5.75 Å².